The molecule has 0 saturated carbocycles. The summed E-state index contributed by atoms with van der Waals surface area (Å²) in [4.78, 5) is 101. The van der Waals surface area contributed by atoms with Gasteiger partial charge in [0.05, 0.1) is 45.7 Å². The number of amides is 5. The number of carbonyl (C=O) groups excluding carboxylic acids is 5. The molecule has 0 radical (unpaired) electrons. The number of nitrogens with zero attached hydrogens (tertiary/aromatic N) is 12. The molecule has 14 aromatic rings. The molecule has 6 fully saturated rings. The quantitative estimate of drug-likeness (QED) is 0.0305. The number of fused-ring (bicyclic) bond motifs is 13. The fraction of sp³-hybridized carbons (Fsp3) is 0.222. The smallest absolute Gasteiger partial charge is 0.310 e. The number of nitro groups is 2. The molecule has 29 heteroatoms. The van der Waals surface area contributed by atoms with E-state index in [0.717, 1.165) is 161 Å². The summed E-state index contributed by atoms with van der Waals surface area (Å²) in [5.41, 5.74) is 33.4. The first-order valence-electron chi connectivity index (χ1n) is 49.4. The lowest BCUT2D eigenvalue weighted by Gasteiger charge is -2.37. The number of hydrogen-bond donors (Lipinski definition) is 6. The number of piperidine rings is 1. The van der Waals surface area contributed by atoms with Crippen LogP contribution in [0.5, 0.6) is 17.2 Å². The van der Waals surface area contributed by atoms with E-state index < -0.39 is 21.8 Å². The molecule has 10 heterocycles. The number of methoxy groups -OCH3 is 1. The van der Waals surface area contributed by atoms with Gasteiger partial charge in [-0.2, -0.15) is 0 Å². The Morgan fingerprint density at radius 2 is 0.753 bits per heavy atom. The lowest BCUT2D eigenvalue weighted by atomic mass is 9.95. The molecule has 28 nitrogen and oxygen atoms in total. The standard InChI is InChI=1S/C26H25N3O.C24H22N4O3.C23H20ClN3O.C23H20N4O4.C21H24N2O3/c1-18(2)19-12-14-21(15-13-19)25-28-23-11-7-6-8-20(23)16-17-24(28)26(30)29(25)27-22-9-4-3-5-10-22;29-24-22-15-12-18-6-4-5-9-21(18)26(22)23(27(24)25-19-7-2-1-3-8-19)16-17-10-13-20(14-11-17)28(30)31;24-18-13-10-17(11-14-18)22-26-20-9-5-4-6-16(20)12-15-21(26)23(28)27(22)25-19-7-2-1-3-8-19;28-21-14-16(11-12-19(21)27(30)31)22-25-18-9-5-4-6-15(18)10-13-20(25)23(29)26(22)24-17-7-2-1-3-8-17;1-26-19-11-10-16(13-18(19)24)20-22-12-6-5-9-17(22)21(25)23(20)14-15-7-3-2-4-8-15/h3-15,24-25,27H,1,16-17H2,2H3;1-11,13-14,22-23,25H,12,15-16H2;1-11,13-14,21-22,25H,12,15H2;1-9,11-12,14,20,22,24,28H,10,13H2;2-4,7-8,10-11,13,17,20,24H,5-6,9,12,14H2,1H3/t24?,25-;22?,23-;21?,22-;20?,22-;17?,20-/m11111/s1. The highest BCUT2D eigenvalue weighted by Gasteiger charge is 2.55. The van der Waals surface area contributed by atoms with Crippen LogP contribution in [0.15, 0.2) is 364 Å². The van der Waals surface area contributed by atoms with Gasteiger partial charge in [0.2, 0.25) is 5.91 Å². The van der Waals surface area contributed by atoms with E-state index in [9.17, 15) is 54.4 Å². The minimum absolute atomic E-state index is 0.0465. The van der Waals surface area contributed by atoms with Crippen LogP contribution in [0.25, 0.3) is 5.57 Å². The Morgan fingerprint density at radius 3 is 1.17 bits per heavy atom. The highest BCUT2D eigenvalue weighted by atomic mass is 35.5. The van der Waals surface area contributed by atoms with Gasteiger partial charge in [0.1, 0.15) is 36.5 Å². The molecule has 6 N–H and O–H groups in total. The Bertz CT molecular complexity index is 7130. The summed E-state index contributed by atoms with van der Waals surface area (Å²) in [6.07, 6.45) is 8.77. The highest BCUT2D eigenvalue weighted by molar-refractivity contribution is 6.30. The summed E-state index contributed by atoms with van der Waals surface area (Å²) in [6, 6.07) is 113. The third kappa shape index (κ3) is 19.7. The van der Waals surface area contributed by atoms with Gasteiger partial charge in [-0.05, 0) is 236 Å². The number of allylic oxidation sites excluding steroid dienone is 1. The Hall–Kier alpha value is -17.0. The second kappa shape index (κ2) is 42.7. The maximum Gasteiger partial charge on any atom is 0.310 e. The minimum atomic E-state index is -0.627. The maximum absolute atomic E-state index is 13.5. The molecule has 146 heavy (non-hydrogen) atoms. The van der Waals surface area contributed by atoms with Crippen molar-refractivity contribution in [1.29, 1.82) is 0 Å². The number of benzene rings is 14. The van der Waals surface area contributed by atoms with Crippen molar-refractivity contribution >= 4 is 104 Å². The number of hydrogen-bond acceptors (Lipinski definition) is 21. The molecular weight excluding hydrogens is 1860 g/mol. The van der Waals surface area contributed by atoms with Crippen molar-refractivity contribution in [3.05, 3.63) is 451 Å². The average molecular weight is 1970 g/mol. The SMILES string of the molecule is C=C(C)c1ccc([C@H]2N(Nc3ccccc3)C(=O)C3CCc4ccccc4N32)cc1.COc1ccc([C@H]2N(Cc3ccccc3)C(=O)C3CCCCN32)cc1O.O=C1C2CCc3ccccc3N2[C@@H](Cc2ccc([N+](=O)[O-])cc2)N1Nc1ccccc1.O=C1C2CCc3ccccc3N2[C@@H](c2ccc(Cl)cc2)N1Nc1ccccc1.O=C1C2CCc3ccccc3N2[C@@H](c2ccc([N+](=O)[O-])c(O)c2)N1Nc1ccccc1. The van der Waals surface area contributed by atoms with Gasteiger partial charge in [0.15, 0.2) is 35.7 Å². The van der Waals surface area contributed by atoms with Crippen molar-refractivity contribution in [2.45, 2.75) is 152 Å². The molecule has 10 atom stereocenters. The van der Waals surface area contributed by atoms with E-state index >= 15 is 0 Å². The Labute approximate surface area is 851 Å². The Balaban J connectivity index is 0.000000111. The van der Waals surface area contributed by atoms with Crippen LogP contribution in [0.4, 0.5) is 56.9 Å². The first-order chi connectivity index (χ1) is 71.2. The summed E-state index contributed by atoms with van der Waals surface area (Å²) in [7, 11) is 1.54. The lowest BCUT2D eigenvalue weighted by molar-refractivity contribution is -0.385. The second-order valence-electron chi connectivity index (χ2n) is 37.8. The number of phenolic OH excluding ortho intramolecular Hbond substituents is 2. The van der Waals surface area contributed by atoms with Gasteiger partial charge in [-0.25, -0.2) is 20.0 Å². The van der Waals surface area contributed by atoms with Crippen LogP contribution in [0.1, 0.15) is 138 Å². The van der Waals surface area contributed by atoms with Crippen molar-refractivity contribution in [2.24, 2.45) is 0 Å². The van der Waals surface area contributed by atoms with Gasteiger partial charge in [-0.1, -0.05) is 261 Å². The number of hydrazine groups is 4. The Kier molecular flexibility index (Phi) is 28.2. The number of para-hydroxylation sites is 8. The van der Waals surface area contributed by atoms with Crippen LogP contribution >= 0.6 is 11.6 Å². The first-order valence-corrected chi connectivity index (χ1v) is 49.8. The molecule has 0 bridgehead atoms. The third-order valence-corrected chi connectivity index (χ3v) is 29.1. The monoisotopic (exact) mass is 1970 g/mol. The second-order valence-corrected chi connectivity index (χ2v) is 38.2. The normalized spacial score (nSPS) is 20.5. The summed E-state index contributed by atoms with van der Waals surface area (Å²) >= 11 is 6.12. The predicted octanol–water partition coefficient (Wildman–Crippen LogP) is 21.9. The summed E-state index contributed by atoms with van der Waals surface area (Å²) < 4.78 is 5.17. The predicted molar refractivity (Wildman–Crippen MR) is 567 cm³/mol. The number of ether oxygens (including phenoxy) is 1. The zero-order valence-corrected chi connectivity index (χ0v) is 81.4. The first kappa shape index (κ1) is 96.5. The number of non-ortho nitro benzene ring substituents is 1. The van der Waals surface area contributed by atoms with Crippen molar-refractivity contribution < 1.29 is 48.8 Å². The van der Waals surface area contributed by atoms with E-state index in [2.05, 4.69) is 127 Å². The van der Waals surface area contributed by atoms with Crippen molar-refractivity contribution in [2.75, 3.05) is 55.0 Å². The molecule has 0 aliphatic carbocycles. The van der Waals surface area contributed by atoms with Crippen LogP contribution in [0.3, 0.4) is 0 Å². The van der Waals surface area contributed by atoms with Crippen LogP contribution in [-0.4, -0.2) is 129 Å². The van der Waals surface area contributed by atoms with Crippen molar-refractivity contribution in [3.8, 4) is 17.2 Å². The van der Waals surface area contributed by atoms with E-state index in [-0.39, 0.29) is 102 Å². The van der Waals surface area contributed by atoms with E-state index in [1.807, 2.05) is 241 Å². The number of anilines is 8. The molecular formula is C117H111ClN16O12. The molecule has 0 spiro atoms. The molecule has 24 rings (SSSR count). The molecule has 5 amide bonds. The molecule has 10 aliphatic rings. The van der Waals surface area contributed by atoms with Crippen LogP contribution in [0, 0.1) is 20.2 Å². The molecule has 6 saturated heterocycles. The van der Waals surface area contributed by atoms with E-state index in [4.69, 9.17) is 16.3 Å². The van der Waals surface area contributed by atoms with Gasteiger partial charge in [0, 0.05) is 71.0 Å². The zero-order chi connectivity index (χ0) is 101. The largest absolute Gasteiger partial charge is 0.504 e. The summed E-state index contributed by atoms with van der Waals surface area (Å²) in [6.45, 7) is 7.53. The molecule has 738 valence electrons. The van der Waals surface area contributed by atoms with Gasteiger partial charge in [-0.15, -0.1) is 0 Å². The van der Waals surface area contributed by atoms with Gasteiger partial charge in [-0.3, -0.25) is 70.8 Å². The van der Waals surface area contributed by atoms with Gasteiger partial charge < -0.3 is 39.4 Å². The van der Waals surface area contributed by atoms with Gasteiger partial charge in [0.25, 0.3) is 29.3 Å². The molecule has 5 unspecified atom stereocenters. The lowest BCUT2D eigenvalue weighted by Crippen LogP contribution is -2.46. The molecule has 14 aromatic carbocycles. The maximum atomic E-state index is 13.5. The number of carbonyl (C=O) groups is 5. The van der Waals surface area contributed by atoms with Crippen LogP contribution < -0.4 is 46.0 Å². The van der Waals surface area contributed by atoms with Gasteiger partial charge >= 0.3 is 5.69 Å². The molecule has 10 aliphatic heterocycles. The van der Waals surface area contributed by atoms with E-state index in [0.29, 0.717) is 35.7 Å². The van der Waals surface area contributed by atoms with Crippen LogP contribution in [0.2, 0.25) is 5.02 Å². The number of nitro benzene ring substituents is 2. The molecule has 0 aromatic heterocycles. The number of phenols is 2. The fourth-order valence-corrected chi connectivity index (χ4v) is 22.1. The zero-order valence-electron chi connectivity index (χ0n) is 80.7. The topological polar surface area (TPSA) is 302 Å². The minimum Gasteiger partial charge on any atom is -0.504 e. The highest BCUT2D eigenvalue weighted by Crippen LogP contribution is 2.51. The fourth-order valence-electron chi connectivity index (χ4n) is 22.0. The number of rotatable bonds is 20. The average Bonchev–Trinajstić information content (AvgIpc) is 1.61. The van der Waals surface area contributed by atoms with Crippen molar-refractivity contribution in [3.63, 3.8) is 0 Å². The summed E-state index contributed by atoms with van der Waals surface area (Å²) in [5, 5.41) is 50.2. The van der Waals surface area contributed by atoms with E-state index in [1.165, 1.54) is 48.1 Å². The number of aryl methyl sites for hydroxylation is 4. The third-order valence-electron chi connectivity index (χ3n) is 28.8. The summed E-state index contributed by atoms with van der Waals surface area (Å²) in [5.74, 6) is 0.491. The number of aromatic hydroxyl groups is 2. The van der Waals surface area contributed by atoms with E-state index in [1.54, 1.807) is 50.4 Å². The van der Waals surface area contributed by atoms with Crippen LogP contribution in [-0.2, 0) is 62.6 Å². The number of halogens is 1. The number of nitrogens with one attached hydrogen (secondary N) is 4. The van der Waals surface area contributed by atoms with Crippen molar-refractivity contribution in [1.82, 2.24) is 29.8 Å². The Morgan fingerprint density at radius 1 is 0.384 bits per heavy atom.